The average Bonchev–Trinajstić information content (AvgIpc) is 1.88. The van der Waals surface area contributed by atoms with Crippen molar-refractivity contribution < 1.29 is 1.37 Å². The minimum Gasteiger partial charge on any atom is -0.262 e. The number of aromatic nitrogens is 1. The van der Waals surface area contributed by atoms with Crippen molar-refractivity contribution in [1.29, 1.82) is 0 Å². The SMILES string of the molecule is [2H]Cc1cc(C)ccn1. The molecule has 1 nitrogen and oxygen atoms in total. The van der Waals surface area contributed by atoms with E-state index in [1.54, 1.807) is 6.20 Å². The molecule has 0 bridgehead atoms. The summed E-state index contributed by atoms with van der Waals surface area (Å²) in [5.41, 5.74) is 2.02. The largest absolute Gasteiger partial charge is 0.262 e. The molecular formula is C7H9N. The zero-order valence-corrected chi connectivity index (χ0v) is 4.89. The fraction of sp³-hybridized carbons (Fsp3) is 0.286. The third-order valence-corrected chi connectivity index (χ3v) is 0.972. The lowest BCUT2D eigenvalue weighted by Gasteiger charge is -1.90. The van der Waals surface area contributed by atoms with Crippen LogP contribution in [0.3, 0.4) is 0 Å². The van der Waals surface area contributed by atoms with Crippen LogP contribution in [0.15, 0.2) is 18.3 Å². The summed E-state index contributed by atoms with van der Waals surface area (Å²) >= 11 is 0. The van der Waals surface area contributed by atoms with E-state index in [-0.39, 0.29) is 6.90 Å². The van der Waals surface area contributed by atoms with Crippen LogP contribution in [0.4, 0.5) is 0 Å². The van der Waals surface area contributed by atoms with Gasteiger partial charge in [0.1, 0.15) is 0 Å². The van der Waals surface area contributed by atoms with Gasteiger partial charge in [0.05, 0.1) is 0 Å². The number of pyridine rings is 1. The molecule has 1 heterocycles. The first kappa shape index (κ1) is 4.07. The monoisotopic (exact) mass is 108 g/mol. The highest BCUT2D eigenvalue weighted by Crippen LogP contribution is 1.95. The summed E-state index contributed by atoms with van der Waals surface area (Å²) in [6.45, 7) is 2.28. The molecule has 0 aliphatic carbocycles. The van der Waals surface area contributed by atoms with Crippen molar-refractivity contribution >= 4 is 0 Å². The quantitative estimate of drug-likeness (QED) is 0.493. The minimum atomic E-state index is 0.279. The predicted octanol–water partition coefficient (Wildman–Crippen LogP) is 1.70. The van der Waals surface area contributed by atoms with E-state index in [9.17, 15) is 0 Å². The Labute approximate surface area is 50.8 Å². The van der Waals surface area contributed by atoms with Crippen molar-refractivity contribution in [3.05, 3.63) is 29.6 Å². The Kier molecular flexibility index (Phi) is 0.992. The molecule has 1 aromatic rings. The molecule has 0 N–H and O–H groups in total. The van der Waals surface area contributed by atoms with Gasteiger partial charge in [0.25, 0.3) is 0 Å². The molecule has 0 amide bonds. The maximum absolute atomic E-state index is 6.98. The highest BCUT2D eigenvalue weighted by Gasteiger charge is 1.82. The van der Waals surface area contributed by atoms with E-state index in [1.807, 2.05) is 19.1 Å². The number of hydrogen-bond acceptors (Lipinski definition) is 1. The van der Waals surface area contributed by atoms with Crippen molar-refractivity contribution in [1.82, 2.24) is 4.98 Å². The maximum Gasteiger partial charge on any atom is 0.0375 e. The highest BCUT2D eigenvalue weighted by molar-refractivity contribution is 5.12. The maximum atomic E-state index is 6.98. The Morgan fingerprint density at radius 3 is 3.12 bits per heavy atom. The lowest BCUT2D eigenvalue weighted by molar-refractivity contribution is 1.18. The Bertz CT molecular complexity index is 198. The Balaban J connectivity index is 2.94. The fourth-order valence-corrected chi connectivity index (χ4v) is 0.599. The van der Waals surface area contributed by atoms with Gasteiger partial charge in [0, 0.05) is 13.3 Å². The van der Waals surface area contributed by atoms with E-state index in [0.29, 0.717) is 0 Å². The average molecular weight is 108 g/mol. The fourth-order valence-electron chi connectivity index (χ4n) is 0.599. The molecule has 0 aliphatic rings. The van der Waals surface area contributed by atoms with Crippen LogP contribution < -0.4 is 0 Å². The van der Waals surface area contributed by atoms with Gasteiger partial charge >= 0.3 is 0 Å². The van der Waals surface area contributed by atoms with Crippen molar-refractivity contribution in [2.75, 3.05) is 0 Å². The summed E-state index contributed by atoms with van der Waals surface area (Å²) in [5.74, 6) is 0. The van der Waals surface area contributed by atoms with E-state index in [1.165, 1.54) is 5.56 Å². The van der Waals surface area contributed by atoms with Crippen LogP contribution in [0.2, 0.25) is 0 Å². The van der Waals surface area contributed by atoms with E-state index in [0.717, 1.165) is 5.69 Å². The van der Waals surface area contributed by atoms with Crippen LogP contribution in [-0.4, -0.2) is 4.98 Å². The highest BCUT2D eigenvalue weighted by atomic mass is 14.6. The lowest BCUT2D eigenvalue weighted by atomic mass is 10.3. The van der Waals surface area contributed by atoms with Crippen molar-refractivity contribution in [2.24, 2.45) is 0 Å². The first-order chi connectivity index (χ1) is 4.33. The molecule has 1 aromatic heterocycles. The van der Waals surface area contributed by atoms with Gasteiger partial charge in [-0.15, -0.1) is 0 Å². The Morgan fingerprint density at radius 2 is 2.62 bits per heavy atom. The molecule has 0 atom stereocenters. The van der Waals surface area contributed by atoms with Gasteiger partial charge in [0.2, 0.25) is 0 Å². The molecule has 0 saturated carbocycles. The third kappa shape index (κ3) is 1.06. The molecule has 0 aliphatic heterocycles. The standard InChI is InChI=1S/C7H9N/c1-6-3-4-8-7(2)5-6/h3-5H,1-2H3/i2D. The van der Waals surface area contributed by atoms with Crippen molar-refractivity contribution in [2.45, 2.75) is 13.8 Å². The third-order valence-electron chi connectivity index (χ3n) is 0.972. The lowest BCUT2D eigenvalue weighted by Crippen LogP contribution is -1.78. The van der Waals surface area contributed by atoms with Crippen LogP contribution in [-0.2, 0) is 0 Å². The van der Waals surface area contributed by atoms with Crippen molar-refractivity contribution in [3.63, 3.8) is 0 Å². The van der Waals surface area contributed by atoms with Gasteiger partial charge in [-0.1, -0.05) is 0 Å². The molecule has 0 unspecified atom stereocenters. The van der Waals surface area contributed by atoms with Crippen LogP contribution in [0.5, 0.6) is 0 Å². The van der Waals surface area contributed by atoms with Crippen LogP contribution in [0, 0.1) is 13.8 Å². The molecule has 8 heavy (non-hydrogen) atoms. The summed E-state index contributed by atoms with van der Waals surface area (Å²) in [7, 11) is 0. The molecule has 0 aromatic carbocycles. The van der Waals surface area contributed by atoms with Gasteiger partial charge in [-0.3, -0.25) is 4.98 Å². The summed E-state index contributed by atoms with van der Waals surface area (Å²) in [6.07, 6.45) is 1.74. The van der Waals surface area contributed by atoms with Crippen LogP contribution in [0.25, 0.3) is 0 Å². The smallest absolute Gasteiger partial charge is 0.0375 e. The second kappa shape index (κ2) is 1.95. The molecule has 0 spiro atoms. The Morgan fingerprint density at radius 1 is 1.75 bits per heavy atom. The normalized spacial score (nSPS) is 10.9. The molecule has 1 rings (SSSR count). The van der Waals surface area contributed by atoms with Gasteiger partial charge in [-0.25, -0.2) is 0 Å². The molecule has 0 fully saturated rings. The summed E-state index contributed by atoms with van der Waals surface area (Å²) in [6, 6.07) is 3.85. The second-order valence-electron chi connectivity index (χ2n) is 1.82. The summed E-state index contributed by atoms with van der Waals surface area (Å²) in [5, 5.41) is 0. The topological polar surface area (TPSA) is 12.9 Å². The molecule has 0 radical (unpaired) electrons. The second-order valence-corrected chi connectivity index (χ2v) is 1.82. The van der Waals surface area contributed by atoms with Gasteiger partial charge in [-0.2, -0.15) is 0 Å². The first-order valence-corrected chi connectivity index (χ1v) is 2.53. The molecule has 42 valence electrons. The van der Waals surface area contributed by atoms with E-state index >= 15 is 0 Å². The van der Waals surface area contributed by atoms with Gasteiger partial charge in [-0.05, 0) is 31.5 Å². The number of hydrogen-bond donors (Lipinski definition) is 0. The van der Waals surface area contributed by atoms with Crippen LogP contribution in [0.1, 0.15) is 12.6 Å². The van der Waals surface area contributed by atoms with Crippen molar-refractivity contribution in [3.8, 4) is 0 Å². The predicted molar refractivity (Wildman–Crippen MR) is 33.7 cm³/mol. The van der Waals surface area contributed by atoms with Gasteiger partial charge in [0.15, 0.2) is 0 Å². The number of aryl methyl sites for hydroxylation is 2. The molecular weight excluding hydrogens is 98.1 g/mol. The summed E-state index contributed by atoms with van der Waals surface area (Å²) < 4.78 is 6.98. The van der Waals surface area contributed by atoms with E-state index in [2.05, 4.69) is 4.98 Å². The van der Waals surface area contributed by atoms with Gasteiger partial charge < -0.3 is 0 Å². The Hall–Kier alpha value is -0.850. The van der Waals surface area contributed by atoms with Crippen LogP contribution >= 0.6 is 0 Å². The zero-order chi connectivity index (χ0) is 6.69. The summed E-state index contributed by atoms with van der Waals surface area (Å²) in [4.78, 5) is 3.97. The number of rotatable bonds is 0. The molecule has 1 heteroatoms. The zero-order valence-electron chi connectivity index (χ0n) is 5.89. The minimum absolute atomic E-state index is 0.279. The molecule has 0 saturated heterocycles. The number of nitrogens with zero attached hydrogens (tertiary/aromatic N) is 1. The first-order valence-electron chi connectivity index (χ1n) is 3.24. The van der Waals surface area contributed by atoms with E-state index in [4.69, 9.17) is 1.37 Å². The van der Waals surface area contributed by atoms with E-state index < -0.39 is 0 Å².